The van der Waals surface area contributed by atoms with Crippen LogP contribution in [-0.4, -0.2) is 6.03 Å². The van der Waals surface area contributed by atoms with Gasteiger partial charge in [-0.25, -0.2) is 4.79 Å². The second-order valence-electron chi connectivity index (χ2n) is 3.50. The van der Waals surface area contributed by atoms with Gasteiger partial charge in [-0.3, -0.25) is 0 Å². The Morgan fingerprint density at radius 3 is 2.76 bits per heavy atom. The Morgan fingerprint density at radius 1 is 1.24 bits per heavy atom. The van der Waals surface area contributed by atoms with E-state index in [4.69, 9.17) is 5.73 Å². The van der Waals surface area contributed by atoms with Crippen LogP contribution < -0.4 is 16.4 Å². The quantitative estimate of drug-likeness (QED) is 0.777. The zero-order valence-electron chi connectivity index (χ0n) is 9.14. The number of carbonyl (C=O) groups is 1. The number of thiophene rings is 1. The Hall–Kier alpha value is -2.01. The number of benzene rings is 1. The molecule has 0 aliphatic carbocycles. The first-order valence-electron chi connectivity index (χ1n) is 5.17. The lowest BCUT2D eigenvalue weighted by Gasteiger charge is -2.07. The molecule has 1 aromatic carbocycles. The number of urea groups is 1. The summed E-state index contributed by atoms with van der Waals surface area (Å²) in [5.74, 6) is 0. The van der Waals surface area contributed by atoms with Crippen LogP contribution in [-0.2, 0) is 6.54 Å². The van der Waals surface area contributed by atoms with Gasteiger partial charge in [0.2, 0.25) is 0 Å². The molecular formula is C12H13N3OS. The summed E-state index contributed by atoms with van der Waals surface area (Å²) in [6.45, 7) is 0.775. The number of amides is 2. The van der Waals surface area contributed by atoms with E-state index in [9.17, 15) is 4.79 Å². The first-order valence-corrected chi connectivity index (χ1v) is 6.05. The summed E-state index contributed by atoms with van der Waals surface area (Å²) < 4.78 is 0. The fourth-order valence-electron chi connectivity index (χ4n) is 1.45. The minimum Gasteiger partial charge on any atom is -0.380 e. The summed E-state index contributed by atoms with van der Waals surface area (Å²) in [5, 5.41) is 7.86. The summed E-state index contributed by atoms with van der Waals surface area (Å²) in [7, 11) is 0. The Morgan fingerprint density at radius 2 is 2.06 bits per heavy atom. The van der Waals surface area contributed by atoms with Gasteiger partial charge in [-0.05, 0) is 29.6 Å². The number of hydrogen-bond donors (Lipinski definition) is 3. The molecule has 1 heterocycles. The molecule has 0 unspecified atom stereocenters. The van der Waals surface area contributed by atoms with Crippen molar-refractivity contribution >= 4 is 28.7 Å². The molecule has 0 atom stereocenters. The fourth-order valence-corrected chi connectivity index (χ4v) is 2.10. The number of nitrogens with one attached hydrogen (secondary N) is 2. The van der Waals surface area contributed by atoms with Crippen LogP contribution in [0.1, 0.15) is 4.88 Å². The molecule has 0 bridgehead atoms. The Kier molecular flexibility index (Phi) is 3.62. The van der Waals surface area contributed by atoms with Crippen LogP contribution in [0.25, 0.3) is 0 Å². The van der Waals surface area contributed by atoms with E-state index >= 15 is 0 Å². The van der Waals surface area contributed by atoms with E-state index in [1.165, 1.54) is 4.88 Å². The molecule has 5 heteroatoms. The highest BCUT2D eigenvalue weighted by Crippen LogP contribution is 2.17. The molecule has 0 spiro atoms. The number of rotatable bonds is 4. The highest BCUT2D eigenvalue weighted by atomic mass is 32.1. The maximum Gasteiger partial charge on any atom is 0.316 e. The second-order valence-corrected chi connectivity index (χ2v) is 4.54. The molecule has 2 rings (SSSR count). The van der Waals surface area contributed by atoms with Gasteiger partial charge in [0.1, 0.15) is 0 Å². The van der Waals surface area contributed by atoms with Gasteiger partial charge in [0.05, 0.1) is 0 Å². The average Bonchev–Trinajstić information content (AvgIpc) is 2.79. The summed E-state index contributed by atoms with van der Waals surface area (Å²) in [6, 6.07) is 11.0. The molecule has 4 N–H and O–H groups in total. The van der Waals surface area contributed by atoms with Crippen LogP contribution in [0, 0.1) is 0 Å². The Balaban J connectivity index is 1.98. The molecule has 4 nitrogen and oxygen atoms in total. The van der Waals surface area contributed by atoms with E-state index in [2.05, 4.69) is 16.7 Å². The molecule has 0 fully saturated rings. The Labute approximate surface area is 103 Å². The van der Waals surface area contributed by atoms with Gasteiger partial charge in [0.25, 0.3) is 0 Å². The van der Waals surface area contributed by atoms with Gasteiger partial charge in [-0.2, -0.15) is 0 Å². The average molecular weight is 247 g/mol. The van der Waals surface area contributed by atoms with Crippen molar-refractivity contribution in [2.45, 2.75) is 6.54 Å². The molecule has 1 aromatic heterocycles. The molecule has 88 valence electrons. The third-order valence-corrected chi connectivity index (χ3v) is 3.05. The maximum absolute atomic E-state index is 10.7. The van der Waals surface area contributed by atoms with E-state index in [1.807, 2.05) is 29.6 Å². The largest absolute Gasteiger partial charge is 0.380 e. The minimum atomic E-state index is -0.555. The maximum atomic E-state index is 10.7. The molecule has 2 amide bonds. The third-order valence-electron chi connectivity index (χ3n) is 2.18. The predicted molar refractivity (Wildman–Crippen MR) is 71.3 cm³/mol. The van der Waals surface area contributed by atoms with E-state index in [1.54, 1.807) is 17.4 Å². The van der Waals surface area contributed by atoms with Crippen LogP contribution in [0.3, 0.4) is 0 Å². The normalized spacial score (nSPS) is 9.88. The summed E-state index contributed by atoms with van der Waals surface area (Å²) >= 11 is 1.70. The van der Waals surface area contributed by atoms with Gasteiger partial charge >= 0.3 is 6.03 Å². The van der Waals surface area contributed by atoms with E-state index in [0.717, 1.165) is 12.2 Å². The molecule has 0 aliphatic heterocycles. The van der Waals surface area contributed by atoms with E-state index in [-0.39, 0.29) is 0 Å². The number of hydrogen-bond acceptors (Lipinski definition) is 3. The van der Waals surface area contributed by atoms with Crippen molar-refractivity contribution in [1.82, 2.24) is 0 Å². The fraction of sp³-hybridized carbons (Fsp3) is 0.0833. The van der Waals surface area contributed by atoms with Crippen molar-refractivity contribution in [3.63, 3.8) is 0 Å². The molecular weight excluding hydrogens is 234 g/mol. The standard InChI is InChI=1S/C12H13N3OS/c13-12(16)15-10-4-1-3-9(7-10)14-8-11-5-2-6-17-11/h1-7,14H,8H2,(H3,13,15,16). The molecule has 0 saturated carbocycles. The highest BCUT2D eigenvalue weighted by Gasteiger charge is 1.98. The molecule has 17 heavy (non-hydrogen) atoms. The smallest absolute Gasteiger partial charge is 0.316 e. The van der Waals surface area contributed by atoms with Gasteiger partial charge in [0, 0.05) is 22.8 Å². The lowest BCUT2D eigenvalue weighted by Crippen LogP contribution is -2.19. The van der Waals surface area contributed by atoms with Crippen molar-refractivity contribution in [2.75, 3.05) is 10.6 Å². The van der Waals surface area contributed by atoms with Crippen molar-refractivity contribution in [3.05, 3.63) is 46.7 Å². The Bertz CT molecular complexity index is 496. The summed E-state index contributed by atoms with van der Waals surface area (Å²) in [6.07, 6.45) is 0. The summed E-state index contributed by atoms with van der Waals surface area (Å²) in [4.78, 5) is 12.0. The number of nitrogens with two attached hydrogens (primary N) is 1. The van der Waals surface area contributed by atoms with Crippen LogP contribution in [0.2, 0.25) is 0 Å². The monoisotopic (exact) mass is 247 g/mol. The lowest BCUT2D eigenvalue weighted by molar-refractivity contribution is 0.259. The molecule has 2 aromatic rings. The van der Waals surface area contributed by atoms with Crippen molar-refractivity contribution in [1.29, 1.82) is 0 Å². The van der Waals surface area contributed by atoms with Crippen molar-refractivity contribution < 1.29 is 4.79 Å². The first kappa shape index (κ1) is 11.5. The van der Waals surface area contributed by atoms with Gasteiger partial charge in [-0.1, -0.05) is 12.1 Å². The van der Waals surface area contributed by atoms with Crippen LogP contribution in [0.15, 0.2) is 41.8 Å². The van der Waals surface area contributed by atoms with Crippen molar-refractivity contribution in [2.24, 2.45) is 5.73 Å². The lowest BCUT2D eigenvalue weighted by atomic mass is 10.2. The van der Waals surface area contributed by atoms with E-state index in [0.29, 0.717) is 5.69 Å². The van der Waals surface area contributed by atoms with Crippen LogP contribution in [0.4, 0.5) is 16.2 Å². The third kappa shape index (κ3) is 3.49. The van der Waals surface area contributed by atoms with E-state index < -0.39 is 6.03 Å². The highest BCUT2D eigenvalue weighted by molar-refractivity contribution is 7.09. The predicted octanol–water partition coefficient (Wildman–Crippen LogP) is 2.85. The molecule has 0 aliphatic rings. The number of primary amides is 1. The van der Waals surface area contributed by atoms with Gasteiger partial charge in [0.15, 0.2) is 0 Å². The SMILES string of the molecule is NC(=O)Nc1cccc(NCc2cccs2)c1. The summed E-state index contributed by atoms with van der Waals surface area (Å²) in [5.41, 5.74) is 6.69. The topological polar surface area (TPSA) is 67.2 Å². The zero-order valence-corrected chi connectivity index (χ0v) is 9.96. The van der Waals surface area contributed by atoms with Gasteiger partial charge in [-0.15, -0.1) is 11.3 Å². The number of anilines is 2. The second kappa shape index (κ2) is 5.36. The van der Waals surface area contributed by atoms with Crippen LogP contribution in [0.5, 0.6) is 0 Å². The first-order chi connectivity index (χ1) is 8.24. The minimum absolute atomic E-state index is 0.555. The zero-order chi connectivity index (χ0) is 12.1. The number of carbonyl (C=O) groups excluding carboxylic acids is 1. The van der Waals surface area contributed by atoms with Crippen LogP contribution >= 0.6 is 11.3 Å². The molecule has 0 radical (unpaired) electrons. The van der Waals surface area contributed by atoms with Crippen molar-refractivity contribution in [3.8, 4) is 0 Å². The van der Waals surface area contributed by atoms with Gasteiger partial charge < -0.3 is 16.4 Å². The molecule has 0 saturated heterocycles.